The number of carbonyl (C=O) groups is 2. The van der Waals surface area contributed by atoms with Gasteiger partial charge in [0.1, 0.15) is 34.3 Å². The minimum Gasteiger partial charge on any atom is -0.481 e. The average molecular weight is 803 g/mol. The van der Waals surface area contributed by atoms with Crippen LogP contribution in [-0.2, 0) is 17.8 Å². The van der Waals surface area contributed by atoms with Crippen molar-refractivity contribution in [1.82, 2.24) is 28.9 Å². The van der Waals surface area contributed by atoms with Crippen LogP contribution >= 0.6 is 11.5 Å². The zero-order chi connectivity index (χ0) is 40.9. The Labute approximate surface area is 328 Å². The fourth-order valence-electron chi connectivity index (χ4n) is 5.61. The molecule has 296 valence electrons. The molecule has 5 aromatic rings. The summed E-state index contributed by atoms with van der Waals surface area (Å²) in [6, 6.07) is 9.62. The number of carboxylic acids is 1. The van der Waals surface area contributed by atoms with Crippen LogP contribution < -0.4 is 42.9 Å². The van der Waals surface area contributed by atoms with Crippen molar-refractivity contribution >= 4 is 34.8 Å². The molecular formula is C37H35FN8O10S. The molecule has 0 saturated carbocycles. The summed E-state index contributed by atoms with van der Waals surface area (Å²) in [6.45, 7) is 5.05. The first-order valence-corrected chi connectivity index (χ1v) is 17.6. The number of carboxylic acid groups (broad SMARTS) is 1. The topological polar surface area (TPSA) is 204 Å². The Morgan fingerprint density at radius 2 is 1.53 bits per heavy atom. The lowest BCUT2D eigenvalue weighted by molar-refractivity contribution is -0.121. The van der Waals surface area contributed by atoms with Gasteiger partial charge in [-0.2, -0.15) is 24.3 Å². The molecule has 0 radical (unpaired) electrons. The number of amides is 1. The van der Waals surface area contributed by atoms with E-state index in [-0.39, 0.29) is 82.8 Å². The number of ether oxygens (including phenoxy) is 7. The number of nitrogens with zero attached hydrogens (tertiary/aromatic N) is 8. The Kier molecular flexibility index (Phi) is 11.7. The fourth-order valence-corrected chi connectivity index (χ4v) is 6.37. The van der Waals surface area contributed by atoms with Crippen molar-refractivity contribution in [2.75, 3.05) is 46.5 Å². The third-order valence-electron chi connectivity index (χ3n) is 8.19. The van der Waals surface area contributed by atoms with E-state index in [9.17, 15) is 19.1 Å². The Morgan fingerprint density at radius 3 is 2.04 bits per heavy atom. The molecule has 0 bridgehead atoms. The van der Waals surface area contributed by atoms with Crippen LogP contribution in [-0.4, -0.2) is 87.5 Å². The summed E-state index contributed by atoms with van der Waals surface area (Å²) in [4.78, 5) is 46.6. The SMILES string of the molecule is C#CCN1C(=O)COc2cc(F)c(/N=c3\snc4n3CC(C)(C)C4)cc21.COc1cc(OC)nc(Oc2cccc(Oc3nc(OC)cc(OC)n3)c2C(=O)O)n1. The standard InChI is InChI=1S/C19H18N4O8.C18H17FN4O2S/c1-26-12-8-13(27-2)21-18(20-12)30-10-6-5-7-11(16(10)17(24)25)31-19-22-14(28-3)9-15(23-19)29-4;1-4-5-22-13-7-12(11(19)6-14(13)25-9-16(22)24)20-17-23-10-18(2,3)8-15(23)21-26-17/h5-9H,1-4H3,(H,24,25);1,6-7H,5,8-10H2,2-3H3/b;20-17-. The second kappa shape index (κ2) is 16.8. The molecule has 20 heteroatoms. The third kappa shape index (κ3) is 8.94. The number of carbonyl (C=O) groups excluding carboxylic acids is 1. The molecule has 7 rings (SSSR count). The predicted octanol–water partition coefficient (Wildman–Crippen LogP) is 4.84. The smallest absolute Gasteiger partial charge is 0.343 e. The number of hydrogen-bond acceptors (Lipinski definition) is 16. The molecule has 18 nitrogen and oxygen atoms in total. The van der Waals surface area contributed by atoms with Crippen LogP contribution in [0.3, 0.4) is 0 Å². The molecule has 2 aliphatic heterocycles. The summed E-state index contributed by atoms with van der Waals surface area (Å²) >= 11 is 1.24. The molecule has 0 atom stereocenters. The van der Waals surface area contributed by atoms with Gasteiger partial charge in [0.15, 0.2) is 12.4 Å². The van der Waals surface area contributed by atoms with Gasteiger partial charge < -0.3 is 42.8 Å². The number of aromatic nitrogens is 6. The summed E-state index contributed by atoms with van der Waals surface area (Å²) < 4.78 is 57.8. The normalized spacial score (nSPS) is 13.9. The van der Waals surface area contributed by atoms with Crippen molar-refractivity contribution in [3.8, 4) is 65.1 Å². The molecule has 5 heterocycles. The molecule has 0 saturated heterocycles. The lowest BCUT2D eigenvalue weighted by Gasteiger charge is -2.28. The molecule has 0 spiro atoms. The first-order chi connectivity index (χ1) is 27.3. The maximum absolute atomic E-state index is 14.5. The Hall–Kier alpha value is -7.01. The highest BCUT2D eigenvalue weighted by Crippen LogP contribution is 2.38. The number of hydrogen-bond donors (Lipinski definition) is 1. The lowest BCUT2D eigenvalue weighted by Crippen LogP contribution is -2.39. The summed E-state index contributed by atoms with van der Waals surface area (Å²) in [5.41, 5.74) is 0.371. The molecule has 1 N–H and O–H groups in total. The van der Waals surface area contributed by atoms with E-state index in [4.69, 9.17) is 39.6 Å². The van der Waals surface area contributed by atoms with Gasteiger partial charge in [-0.25, -0.2) is 14.2 Å². The van der Waals surface area contributed by atoms with Crippen LogP contribution in [0.4, 0.5) is 15.8 Å². The highest BCUT2D eigenvalue weighted by molar-refractivity contribution is 7.02. The minimum atomic E-state index is -1.32. The highest BCUT2D eigenvalue weighted by atomic mass is 32.1. The van der Waals surface area contributed by atoms with Crippen molar-refractivity contribution in [2.45, 2.75) is 26.8 Å². The van der Waals surface area contributed by atoms with Crippen LogP contribution in [0.1, 0.15) is 30.0 Å². The maximum Gasteiger partial charge on any atom is 0.343 e. The highest BCUT2D eigenvalue weighted by Gasteiger charge is 2.31. The van der Waals surface area contributed by atoms with Gasteiger partial charge in [-0.15, -0.1) is 6.42 Å². The largest absolute Gasteiger partial charge is 0.481 e. The van der Waals surface area contributed by atoms with Gasteiger partial charge >= 0.3 is 18.0 Å². The van der Waals surface area contributed by atoms with Crippen LogP contribution in [0.5, 0.6) is 52.8 Å². The third-order valence-corrected chi connectivity index (χ3v) is 8.97. The lowest BCUT2D eigenvalue weighted by atomic mass is 9.92. The van der Waals surface area contributed by atoms with E-state index in [2.05, 4.69) is 49.1 Å². The zero-order valence-electron chi connectivity index (χ0n) is 31.4. The van der Waals surface area contributed by atoms with Gasteiger partial charge in [0, 0.05) is 30.6 Å². The van der Waals surface area contributed by atoms with Gasteiger partial charge in [0.25, 0.3) is 5.91 Å². The second-order valence-corrected chi connectivity index (χ2v) is 13.5. The van der Waals surface area contributed by atoms with E-state index >= 15 is 0 Å². The van der Waals surface area contributed by atoms with Crippen LogP contribution in [0, 0.1) is 23.6 Å². The zero-order valence-corrected chi connectivity index (χ0v) is 32.2. The number of fused-ring (bicyclic) bond motifs is 2. The van der Waals surface area contributed by atoms with Crippen LogP contribution in [0.2, 0.25) is 0 Å². The first kappa shape index (κ1) is 39.7. The predicted molar refractivity (Wildman–Crippen MR) is 200 cm³/mol. The summed E-state index contributed by atoms with van der Waals surface area (Å²) in [7, 11) is 5.63. The van der Waals surface area contributed by atoms with E-state index in [0.29, 0.717) is 16.2 Å². The average Bonchev–Trinajstić information content (AvgIpc) is 3.70. The Balaban J connectivity index is 0.000000195. The van der Waals surface area contributed by atoms with Gasteiger partial charge in [-0.1, -0.05) is 25.8 Å². The number of rotatable bonds is 11. The molecule has 2 aromatic carbocycles. The summed E-state index contributed by atoms with van der Waals surface area (Å²) in [5, 5.41) is 9.77. The van der Waals surface area contributed by atoms with Gasteiger partial charge in [0.2, 0.25) is 28.3 Å². The van der Waals surface area contributed by atoms with Crippen molar-refractivity contribution in [1.29, 1.82) is 0 Å². The molecule has 0 fully saturated rings. The first-order valence-electron chi connectivity index (χ1n) is 16.8. The monoisotopic (exact) mass is 802 g/mol. The van der Waals surface area contributed by atoms with E-state index in [1.54, 1.807) is 0 Å². The number of anilines is 1. The van der Waals surface area contributed by atoms with Gasteiger partial charge in [-0.05, 0) is 23.6 Å². The summed E-state index contributed by atoms with van der Waals surface area (Å²) in [5.74, 6) is 2.10. The summed E-state index contributed by atoms with van der Waals surface area (Å²) in [6.07, 6.45) is 6.22. The molecular weight excluding hydrogens is 768 g/mol. The molecule has 3 aromatic heterocycles. The van der Waals surface area contributed by atoms with Gasteiger partial charge in [0.05, 0.1) is 52.8 Å². The van der Waals surface area contributed by atoms with E-state index in [1.165, 1.54) is 87.3 Å². The van der Waals surface area contributed by atoms with E-state index in [0.717, 1.165) is 18.8 Å². The maximum atomic E-state index is 14.5. The van der Waals surface area contributed by atoms with Crippen LogP contribution in [0.25, 0.3) is 0 Å². The van der Waals surface area contributed by atoms with E-state index in [1.807, 2.05) is 4.57 Å². The van der Waals surface area contributed by atoms with Crippen molar-refractivity contribution in [3.05, 3.63) is 64.5 Å². The number of halogens is 1. The van der Waals surface area contributed by atoms with Crippen LogP contribution in [0.15, 0.2) is 47.5 Å². The minimum absolute atomic E-state index is 0.0878. The Morgan fingerprint density at radius 1 is 0.965 bits per heavy atom. The second-order valence-electron chi connectivity index (χ2n) is 12.8. The molecule has 57 heavy (non-hydrogen) atoms. The van der Waals surface area contributed by atoms with Crippen molar-refractivity contribution in [3.63, 3.8) is 0 Å². The molecule has 1 amide bonds. The number of methoxy groups -OCH3 is 4. The van der Waals surface area contributed by atoms with Crippen molar-refractivity contribution < 1.29 is 52.2 Å². The number of aromatic carboxylic acids is 1. The quantitative estimate of drug-likeness (QED) is 0.178. The molecule has 0 unspecified atom stereocenters. The van der Waals surface area contributed by atoms with E-state index < -0.39 is 11.8 Å². The van der Waals surface area contributed by atoms with Gasteiger partial charge in [-0.3, -0.25) is 9.69 Å². The molecule has 2 aliphatic rings. The fraction of sp³-hybridized carbons (Fsp3) is 0.297. The molecule has 0 aliphatic carbocycles. The number of benzene rings is 2. The Bertz CT molecular complexity index is 2330. The number of terminal acetylenes is 1. The van der Waals surface area contributed by atoms with Crippen molar-refractivity contribution in [2.24, 2.45) is 10.4 Å².